The van der Waals surface area contributed by atoms with Crippen LogP contribution in [0.1, 0.15) is 92.4 Å². The molecule has 0 amide bonds. The molecule has 4 aliphatic rings. The molecule has 0 bridgehead atoms. The highest BCUT2D eigenvalue weighted by atomic mass is 16.4. The summed E-state index contributed by atoms with van der Waals surface area (Å²) < 4.78 is 0. The van der Waals surface area contributed by atoms with Gasteiger partial charge in [-0.1, -0.05) is 46.8 Å². The van der Waals surface area contributed by atoms with Gasteiger partial charge in [0.25, 0.3) is 0 Å². The van der Waals surface area contributed by atoms with E-state index in [1.807, 2.05) is 0 Å². The van der Waals surface area contributed by atoms with Crippen molar-refractivity contribution < 1.29 is 20.4 Å². The molecular weight excluding hydrogens is 400 g/mol. The molecule has 0 aromatic carbocycles. The fourth-order valence-corrected chi connectivity index (χ4v) is 9.13. The van der Waals surface area contributed by atoms with E-state index in [-0.39, 0.29) is 23.7 Å². The molecule has 0 unspecified atom stereocenters. The molecule has 0 aromatic heterocycles. The van der Waals surface area contributed by atoms with Crippen LogP contribution in [0.4, 0.5) is 0 Å². The van der Waals surface area contributed by atoms with Crippen molar-refractivity contribution in [1.82, 2.24) is 0 Å². The SMILES string of the molecule is C=C(CC[C@@H](C)[C@H]1CC[C@H]2[C@@H]3[C@@H](O)[C@@H](O)[C@@]4(O)C[C@@H](O)CC[C@]4(C)[C@H]3CC[C@]12C)C(C)C. The van der Waals surface area contributed by atoms with Crippen molar-refractivity contribution in [2.45, 2.75) is 116 Å². The summed E-state index contributed by atoms with van der Waals surface area (Å²) in [6, 6.07) is 0. The highest BCUT2D eigenvalue weighted by Gasteiger charge is 2.70. The Labute approximate surface area is 195 Å². The molecule has 4 rings (SSSR count). The molecule has 4 heteroatoms. The Morgan fingerprint density at radius 2 is 1.66 bits per heavy atom. The molecule has 4 nitrogen and oxygen atoms in total. The summed E-state index contributed by atoms with van der Waals surface area (Å²) in [6.07, 6.45) is 5.58. The number of allylic oxidation sites excluding steroid dienone is 1. The number of hydrogen-bond acceptors (Lipinski definition) is 4. The molecule has 4 N–H and O–H groups in total. The molecule has 184 valence electrons. The first kappa shape index (κ1) is 24.7. The van der Waals surface area contributed by atoms with Gasteiger partial charge in [-0.15, -0.1) is 0 Å². The quantitative estimate of drug-likeness (QED) is 0.460. The van der Waals surface area contributed by atoms with Crippen LogP contribution in [0.25, 0.3) is 0 Å². The van der Waals surface area contributed by atoms with E-state index in [9.17, 15) is 20.4 Å². The first-order chi connectivity index (χ1) is 14.9. The Hall–Kier alpha value is -0.420. The standard InChI is InChI=1S/C28H48O4/c1-16(2)17(3)7-8-18(4)20-9-10-21-23-22(12-13-26(20,21)5)27(6)14-11-19(29)15-28(27,32)25(31)24(23)30/h16,18-25,29-32H,3,7-15H2,1-2,4-6H3/t18-,19+,20-,21+,22+,23+,24-,25-,26-,27-,28+/m1/s1. The average molecular weight is 449 g/mol. The van der Waals surface area contributed by atoms with E-state index in [1.165, 1.54) is 18.4 Å². The van der Waals surface area contributed by atoms with Crippen LogP contribution in [-0.4, -0.2) is 44.3 Å². The summed E-state index contributed by atoms with van der Waals surface area (Å²) in [6.45, 7) is 15.7. The maximum Gasteiger partial charge on any atom is 0.109 e. The second-order valence-electron chi connectivity index (χ2n) is 13.0. The van der Waals surface area contributed by atoms with Gasteiger partial charge in [-0.25, -0.2) is 0 Å². The summed E-state index contributed by atoms with van der Waals surface area (Å²) in [5.41, 5.74) is -0.324. The van der Waals surface area contributed by atoms with Crippen molar-refractivity contribution in [2.75, 3.05) is 0 Å². The fourth-order valence-electron chi connectivity index (χ4n) is 9.13. The van der Waals surface area contributed by atoms with Crippen LogP contribution >= 0.6 is 0 Å². The van der Waals surface area contributed by atoms with Crippen LogP contribution in [-0.2, 0) is 0 Å². The van der Waals surface area contributed by atoms with E-state index >= 15 is 0 Å². The molecule has 32 heavy (non-hydrogen) atoms. The first-order valence-corrected chi connectivity index (χ1v) is 13.3. The molecule has 0 aromatic rings. The highest BCUT2D eigenvalue weighted by molar-refractivity contribution is 5.19. The van der Waals surface area contributed by atoms with Gasteiger partial charge >= 0.3 is 0 Å². The van der Waals surface area contributed by atoms with Gasteiger partial charge in [0.05, 0.1) is 12.2 Å². The lowest BCUT2D eigenvalue weighted by Crippen LogP contribution is -2.73. The summed E-state index contributed by atoms with van der Waals surface area (Å²) in [5, 5.41) is 44.5. The van der Waals surface area contributed by atoms with Crippen LogP contribution in [0.5, 0.6) is 0 Å². The lowest BCUT2D eigenvalue weighted by atomic mass is 9.41. The zero-order valence-electron chi connectivity index (χ0n) is 21.1. The third-order valence-corrected chi connectivity index (χ3v) is 11.4. The summed E-state index contributed by atoms with van der Waals surface area (Å²) >= 11 is 0. The van der Waals surface area contributed by atoms with Crippen molar-refractivity contribution in [2.24, 2.45) is 46.3 Å². The Kier molecular flexibility index (Phi) is 6.45. The smallest absolute Gasteiger partial charge is 0.109 e. The van der Waals surface area contributed by atoms with Gasteiger partial charge in [-0.3, -0.25) is 0 Å². The molecule has 4 aliphatic carbocycles. The highest BCUT2D eigenvalue weighted by Crippen LogP contribution is 2.69. The van der Waals surface area contributed by atoms with Gasteiger partial charge in [0.2, 0.25) is 0 Å². The maximum absolute atomic E-state index is 11.6. The van der Waals surface area contributed by atoms with Gasteiger partial charge in [0.15, 0.2) is 0 Å². The molecular formula is C28H48O4. The third-order valence-electron chi connectivity index (χ3n) is 11.4. The van der Waals surface area contributed by atoms with E-state index < -0.39 is 29.3 Å². The van der Waals surface area contributed by atoms with Crippen LogP contribution in [0.2, 0.25) is 0 Å². The predicted molar refractivity (Wildman–Crippen MR) is 128 cm³/mol. The topological polar surface area (TPSA) is 80.9 Å². The second kappa shape index (κ2) is 8.36. The zero-order valence-corrected chi connectivity index (χ0v) is 21.1. The van der Waals surface area contributed by atoms with E-state index in [1.54, 1.807) is 0 Å². The van der Waals surface area contributed by atoms with Crippen LogP contribution in [0.15, 0.2) is 12.2 Å². The summed E-state index contributed by atoms with van der Waals surface area (Å²) in [5.74, 6) is 2.43. The Morgan fingerprint density at radius 3 is 2.31 bits per heavy atom. The number of hydrogen-bond donors (Lipinski definition) is 4. The third kappa shape index (κ3) is 3.46. The van der Waals surface area contributed by atoms with Gasteiger partial charge in [-0.05, 0) is 92.3 Å². The first-order valence-electron chi connectivity index (χ1n) is 13.3. The van der Waals surface area contributed by atoms with Gasteiger partial charge in [-0.2, -0.15) is 0 Å². The minimum Gasteiger partial charge on any atom is -0.393 e. The molecule has 0 spiro atoms. The molecule has 0 aliphatic heterocycles. The number of fused-ring (bicyclic) bond motifs is 5. The Morgan fingerprint density at radius 1 is 0.969 bits per heavy atom. The van der Waals surface area contributed by atoms with Crippen LogP contribution in [0.3, 0.4) is 0 Å². The molecule has 0 heterocycles. The number of rotatable bonds is 5. The van der Waals surface area contributed by atoms with Gasteiger partial charge in [0, 0.05) is 11.8 Å². The maximum atomic E-state index is 11.6. The number of aliphatic hydroxyl groups excluding tert-OH is 3. The molecule has 0 radical (unpaired) electrons. The normalized spacial score (nSPS) is 51.6. The predicted octanol–water partition coefficient (Wildman–Crippen LogP) is 4.69. The van der Waals surface area contributed by atoms with E-state index in [0.717, 1.165) is 32.1 Å². The average Bonchev–Trinajstić information content (AvgIpc) is 3.09. The molecule has 4 fully saturated rings. The van der Waals surface area contributed by atoms with Crippen LogP contribution < -0.4 is 0 Å². The fraction of sp³-hybridized carbons (Fsp3) is 0.929. The second-order valence-corrected chi connectivity index (χ2v) is 13.0. The van der Waals surface area contributed by atoms with Crippen molar-refractivity contribution in [3.05, 3.63) is 12.2 Å². The van der Waals surface area contributed by atoms with Crippen molar-refractivity contribution in [3.63, 3.8) is 0 Å². The Balaban J connectivity index is 1.58. The number of aliphatic hydroxyl groups is 4. The van der Waals surface area contributed by atoms with Crippen LogP contribution in [0, 0.1) is 46.3 Å². The minimum absolute atomic E-state index is 0.0343. The van der Waals surface area contributed by atoms with E-state index in [2.05, 4.69) is 41.2 Å². The van der Waals surface area contributed by atoms with Crippen molar-refractivity contribution in [3.8, 4) is 0 Å². The largest absolute Gasteiger partial charge is 0.393 e. The minimum atomic E-state index is -1.40. The summed E-state index contributed by atoms with van der Waals surface area (Å²) in [7, 11) is 0. The van der Waals surface area contributed by atoms with E-state index in [0.29, 0.717) is 30.1 Å². The monoisotopic (exact) mass is 448 g/mol. The Bertz CT molecular complexity index is 720. The van der Waals surface area contributed by atoms with Gasteiger partial charge in [0.1, 0.15) is 11.7 Å². The van der Waals surface area contributed by atoms with E-state index in [4.69, 9.17) is 0 Å². The summed E-state index contributed by atoms with van der Waals surface area (Å²) in [4.78, 5) is 0. The lowest BCUT2D eigenvalue weighted by Gasteiger charge is -2.66. The van der Waals surface area contributed by atoms with Crippen molar-refractivity contribution in [1.29, 1.82) is 0 Å². The van der Waals surface area contributed by atoms with Crippen molar-refractivity contribution >= 4 is 0 Å². The molecule has 11 atom stereocenters. The van der Waals surface area contributed by atoms with Gasteiger partial charge < -0.3 is 20.4 Å². The molecule has 0 saturated heterocycles. The zero-order chi connectivity index (χ0) is 23.6. The lowest BCUT2D eigenvalue weighted by molar-refractivity contribution is -0.297. The molecule has 4 saturated carbocycles.